The van der Waals surface area contributed by atoms with Gasteiger partial charge in [0.05, 0.1) is 40.2 Å². The number of benzene rings is 2. The molecule has 176 valence electrons. The molecule has 0 radical (unpaired) electrons. The van der Waals surface area contributed by atoms with E-state index in [1.54, 1.807) is 31.2 Å². The van der Waals surface area contributed by atoms with Gasteiger partial charge < -0.3 is 20.4 Å². The molecule has 3 aromatic rings. The molecule has 0 spiro atoms. The number of nitriles is 1. The molecule has 1 aliphatic heterocycles. The summed E-state index contributed by atoms with van der Waals surface area (Å²) < 4.78 is 5.64. The molecule has 0 saturated heterocycles. The standard InChI is InChI=1S/C27H24N4O3S/c1-17-8-6-11-20(14-17)31-26(33)24-18(2)29-27(21(15-28)25(24)22-12-7-13-34-22)35-16-23(32)30-19-9-4-3-5-10-19/h3-14,25,29H,16H2,1-2H3,(H,30,32)(H,31,33)/t25-/m0/s1. The number of hydrogen-bond donors (Lipinski definition) is 3. The van der Waals surface area contributed by atoms with Crippen LogP contribution in [0.25, 0.3) is 0 Å². The molecule has 3 N–H and O–H groups in total. The number of para-hydroxylation sites is 1. The zero-order chi connectivity index (χ0) is 24.8. The van der Waals surface area contributed by atoms with Crippen molar-refractivity contribution in [3.8, 4) is 6.07 Å². The number of furan rings is 1. The highest BCUT2D eigenvalue weighted by atomic mass is 32.2. The third-order valence-electron chi connectivity index (χ3n) is 5.40. The maximum atomic E-state index is 13.4. The van der Waals surface area contributed by atoms with Gasteiger partial charge in [-0.2, -0.15) is 5.26 Å². The van der Waals surface area contributed by atoms with Gasteiger partial charge in [0.1, 0.15) is 5.76 Å². The summed E-state index contributed by atoms with van der Waals surface area (Å²) in [5, 5.41) is 19.5. The van der Waals surface area contributed by atoms with Crippen LogP contribution in [0.15, 0.2) is 99.3 Å². The van der Waals surface area contributed by atoms with Gasteiger partial charge >= 0.3 is 0 Å². The first kappa shape index (κ1) is 23.9. The summed E-state index contributed by atoms with van der Waals surface area (Å²) in [6.07, 6.45) is 1.51. The lowest BCUT2D eigenvalue weighted by Crippen LogP contribution is -2.31. The smallest absolute Gasteiger partial charge is 0.254 e. The van der Waals surface area contributed by atoms with Crippen molar-refractivity contribution in [1.29, 1.82) is 5.26 Å². The summed E-state index contributed by atoms with van der Waals surface area (Å²) >= 11 is 1.21. The van der Waals surface area contributed by atoms with Crippen molar-refractivity contribution in [2.24, 2.45) is 0 Å². The van der Waals surface area contributed by atoms with Gasteiger partial charge in [-0.3, -0.25) is 9.59 Å². The Balaban J connectivity index is 1.59. The lowest BCUT2D eigenvalue weighted by molar-refractivity contribution is -0.114. The van der Waals surface area contributed by atoms with Gasteiger partial charge in [-0.25, -0.2) is 0 Å². The van der Waals surface area contributed by atoms with Crippen LogP contribution in [-0.2, 0) is 9.59 Å². The molecule has 0 saturated carbocycles. The molecule has 1 aliphatic rings. The van der Waals surface area contributed by atoms with Crippen LogP contribution >= 0.6 is 11.8 Å². The predicted octanol–water partition coefficient (Wildman–Crippen LogP) is 5.29. The van der Waals surface area contributed by atoms with E-state index < -0.39 is 5.92 Å². The van der Waals surface area contributed by atoms with E-state index in [2.05, 4.69) is 22.0 Å². The predicted molar refractivity (Wildman–Crippen MR) is 137 cm³/mol. The van der Waals surface area contributed by atoms with E-state index in [-0.39, 0.29) is 17.6 Å². The number of aryl methyl sites for hydroxylation is 1. The Morgan fingerprint density at radius 2 is 1.80 bits per heavy atom. The van der Waals surface area contributed by atoms with Crippen molar-refractivity contribution < 1.29 is 14.0 Å². The molecular weight excluding hydrogens is 460 g/mol. The maximum Gasteiger partial charge on any atom is 0.254 e. The van der Waals surface area contributed by atoms with Crippen molar-refractivity contribution >= 4 is 35.0 Å². The number of amides is 2. The van der Waals surface area contributed by atoms with Crippen LogP contribution in [0, 0.1) is 18.3 Å². The number of nitrogens with zero attached hydrogens (tertiary/aromatic N) is 1. The van der Waals surface area contributed by atoms with Crippen LogP contribution in [0.1, 0.15) is 24.2 Å². The van der Waals surface area contributed by atoms with Crippen molar-refractivity contribution in [2.45, 2.75) is 19.8 Å². The third-order valence-corrected chi connectivity index (χ3v) is 6.42. The van der Waals surface area contributed by atoms with Gasteiger partial charge in [0.2, 0.25) is 5.91 Å². The number of hydrogen-bond acceptors (Lipinski definition) is 6. The van der Waals surface area contributed by atoms with Crippen molar-refractivity contribution in [3.63, 3.8) is 0 Å². The molecule has 2 aromatic carbocycles. The molecule has 0 fully saturated rings. The van der Waals surface area contributed by atoms with Crippen LogP contribution in [0.5, 0.6) is 0 Å². The molecule has 2 heterocycles. The summed E-state index contributed by atoms with van der Waals surface area (Å²) in [6.45, 7) is 3.72. The first-order valence-corrected chi connectivity index (χ1v) is 12.0. The lowest BCUT2D eigenvalue weighted by atomic mass is 9.85. The van der Waals surface area contributed by atoms with Gasteiger partial charge in [0.15, 0.2) is 0 Å². The van der Waals surface area contributed by atoms with E-state index in [9.17, 15) is 14.9 Å². The quantitative estimate of drug-likeness (QED) is 0.420. The minimum Gasteiger partial charge on any atom is -0.468 e. The average Bonchev–Trinajstić information content (AvgIpc) is 3.37. The summed E-state index contributed by atoms with van der Waals surface area (Å²) in [6, 6.07) is 22.4. The Hall–Kier alpha value is -4.22. The van der Waals surface area contributed by atoms with Gasteiger partial charge in [0, 0.05) is 17.1 Å². The summed E-state index contributed by atoms with van der Waals surface area (Å²) in [5.74, 6) is -0.678. The van der Waals surface area contributed by atoms with Gasteiger partial charge in [-0.1, -0.05) is 42.1 Å². The zero-order valence-corrected chi connectivity index (χ0v) is 20.1. The van der Waals surface area contributed by atoms with Crippen molar-refractivity contribution in [2.75, 3.05) is 16.4 Å². The monoisotopic (exact) mass is 484 g/mol. The second-order valence-electron chi connectivity index (χ2n) is 7.99. The molecule has 0 aliphatic carbocycles. The molecule has 0 unspecified atom stereocenters. The number of rotatable bonds is 7. The third kappa shape index (κ3) is 5.65. The number of carbonyl (C=O) groups excluding carboxylic acids is 2. The normalized spacial score (nSPS) is 15.3. The van der Waals surface area contributed by atoms with E-state index >= 15 is 0 Å². The number of anilines is 2. The second kappa shape index (κ2) is 10.8. The highest BCUT2D eigenvalue weighted by Gasteiger charge is 2.36. The fourth-order valence-electron chi connectivity index (χ4n) is 3.85. The van der Waals surface area contributed by atoms with Crippen LogP contribution in [-0.4, -0.2) is 17.6 Å². The fourth-order valence-corrected chi connectivity index (χ4v) is 4.74. The first-order valence-electron chi connectivity index (χ1n) is 11.0. The highest BCUT2D eigenvalue weighted by Crippen LogP contribution is 2.41. The van der Waals surface area contributed by atoms with E-state index in [0.29, 0.717) is 39.0 Å². The number of thioether (sulfide) groups is 1. The van der Waals surface area contributed by atoms with E-state index in [4.69, 9.17) is 4.42 Å². The lowest BCUT2D eigenvalue weighted by Gasteiger charge is -2.28. The summed E-state index contributed by atoms with van der Waals surface area (Å²) in [4.78, 5) is 25.9. The highest BCUT2D eigenvalue weighted by molar-refractivity contribution is 8.03. The minimum absolute atomic E-state index is 0.0887. The zero-order valence-electron chi connectivity index (χ0n) is 19.3. The van der Waals surface area contributed by atoms with Crippen LogP contribution in [0.4, 0.5) is 11.4 Å². The largest absolute Gasteiger partial charge is 0.468 e. The van der Waals surface area contributed by atoms with Gasteiger partial charge in [-0.05, 0) is 55.8 Å². The van der Waals surface area contributed by atoms with Crippen LogP contribution in [0.3, 0.4) is 0 Å². The van der Waals surface area contributed by atoms with Gasteiger partial charge in [-0.15, -0.1) is 0 Å². The second-order valence-corrected chi connectivity index (χ2v) is 8.98. The molecule has 35 heavy (non-hydrogen) atoms. The Kier molecular flexibility index (Phi) is 7.38. The van der Waals surface area contributed by atoms with Crippen LogP contribution in [0.2, 0.25) is 0 Å². The van der Waals surface area contributed by atoms with Crippen LogP contribution < -0.4 is 16.0 Å². The van der Waals surface area contributed by atoms with Crippen molar-refractivity contribution in [3.05, 3.63) is 106 Å². The Labute approximate surface area is 207 Å². The van der Waals surface area contributed by atoms with E-state index in [1.165, 1.54) is 18.0 Å². The molecule has 7 nitrogen and oxygen atoms in total. The topological polar surface area (TPSA) is 107 Å². The van der Waals surface area contributed by atoms with Crippen molar-refractivity contribution in [1.82, 2.24) is 5.32 Å². The molecule has 1 aromatic heterocycles. The molecule has 1 atom stereocenters. The molecular formula is C27H24N4O3S. The van der Waals surface area contributed by atoms with E-state index in [0.717, 1.165) is 5.56 Å². The molecule has 8 heteroatoms. The number of nitrogens with one attached hydrogen (secondary N) is 3. The Bertz CT molecular complexity index is 1340. The SMILES string of the molecule is CC1=C(C(=O)Nc2cccc(C)c2)[C@H](c2ccco2)C(C#N)=C(SCC(=O)Nc2ccccc2)N1. The average molecular weight is 485 g/mol. The molecule has 2 amide bonds. The first-order chi connectivity index (χ1) is 17.0. The maximum absolute atomic E-state index is 13.4. The number of dihydropyridines is 1. The molecule has 4 rings (SSSR count). The van der Waals surface area contributed by atoms with E-state index in [1.807, 2.05) is 49.4 Å². The Morgan fingerprint density at radius 3 is 2.49 bits per heavy atom. The minimum atomic E-state index is -0.708. The summed E-state index contributed by atoms with van der Waals surface area (Å²) in [5.41, 5.74) is 3.66. The number of allylic oxidation sites excluding steroid dienone is 2. The summed E-state index contributed by atoms with van der Waals surface area (Å²) in [7, 11) is 0. The Morgan fingerprint density at radius 1 is 1.03 bits per heavy atom. The van der Waals surface area contributed by atoms with Gasteiger partial charge in [0.25, 0.3) is 5.91 Å². The molecule has 0 bridgehead atoms. The number of carbonyl (C=O) groups is 2. The fraction of sp³-hybridized carbons (Fsp3) is 0.148.